The zero-order chi connectivity index (χ0) is 21.4. The van der Waals surface area contributed by atoms with Crippen molar-refractivity contribution in [1.29, 1.82) is 0 Å². The molecule has 2 heterocycles. The van der Waals surface area contributed by atoms with Crippen LogP contribution in [0.15, 0.2) is 60.8 Å². The first-order chi connectivity index (χ1) is 15.1. The van der Waals surface area contributed by atoms with Gasteiger partial charge in [0.05, 0.1) is 23.1 Å². The Labute approximate surface area is 186 Å². The largest absolute Gasteiger partial charge is 0.382 e. The molecule has 0 saturated heterocycles. The monoisotopic (exact) mass is 432 g/mol. The van der Waals surface area contributed by atoms with E-state index in [9.17, 15) is 0 Å². The molecule has 4 aromatic rings. The summed E-state index contributed by atoms with van der Waals surface area (Å²) >= 11 is 6.28. The smallest absolute Gasteiger partial charge is 0.178 e. The SMILES string of the molecule is Nc1nn2cc([C@H]3CC[C@@H](N)CC3)nc2c(Nc2ccccc2)c1-c1cccc(Cl)c1. The average molecular weight is 433 g/mol. The number of fused-ring (bicyclic) bond motifs is 1. The molecule has 2 aromatic carbocycles. The number of aromatic nitrogens is 3. The summed E-state index contributed by atoms with van der Waals surface area (Å²) in [7, 11) is 0. The van der Waals surface area contributed by atoms with Gasteiger partial charge in [-0.1, -0.05) is 41.9 Å². The molecular weight excluding hydrogens is 408 g/mol. The molecule has 0 unspecified atom stereocenters. The molecule has 0 radical (unpaired) electrons. The number of hydrogen-bond acceptors (Lipinski definition) is 5. The number of benzene rings is 2. The van der Waals surface area contributed by atoms with Crippen LogP contribution in [-0.4, -0.2) is 20.6 Å². The molecule has 7 heteroatoms. The summed E-state index contributed by atoms with van der Waals surface area (Å²) < 4.78 is 1.79. The van der Waals surface area contributed by atoms with Crippen LogP contribution in [0.1, 0.15) is 37.3 Å². The summed E-state index contributed by atoms with van der Waals surface area (Å²) in [6, 6.07) is 17.9. The van der Waals surface area contributed by atoms with Gasteiger partial charge in [-0.05, 0) is 55.5 Å². The van der Waals surface area contributed by atoms with Gasteiger partial charge < -0.3 is 16.8 Å². The second-order valence-electron chi connectivity index (χ2n) is 8.18. The molecule has 5 N–H and O–H groups in total. The number of para-hydroxylation sites is 1. The van der Waals surface area contributed by atoms with Gasteiger partial charge in [0.2, 0.25) is 0 Å². The van der Waals surface area contributed by atoms with Crippen LogP contribution in [0.25, 0.3) is 16.8 Å². The number of nitrogen functional groups attached to an aromatic ring is 1. The predicted molar refractivity (Wildman–Crippen MR) is 127 cm³/mol. The summed E-state index contributed by atoms with van der Waals surface area (Å²) in [6.07, 6.45) is 6.14. The van der Waals surface area contributed by atoms with Crippen LogP contribution in [-0.2, 0) is 0 Å². The van der Waals surface area contributed by atoms with Crippen molar-refractivity contribution in [3.63, 3.8) is 0 Å². The van der Waals surface area contributed by atoms with E-state index in [2.05, 4.69) is 10.4 Å². The zero-order valence-corrected chi connectivity index (χ0v) is 17.9. The molecule has 5 rings (SSSR count). The Morgan fingerprint density at radius 2 is 1.77 bits per heavy atom. The summed E-state index contributed by atoms with van der Waals surface area (Å²) in [5.74, 6) is 0.810. The molecule has 6 nitrogen and oxygen atoms in total. The van der Waals surface area contributed by atoms with Crippen molar-refractivity contribution >= 4 is 34.4 Å². The topological polar surface area (TPSA) is 94.3 Å². The van der Waals surface area contributed by atoms with Crippen molar-refractivity contribution in [1.82, 2.24) is 14.6 Å². The van der Waals surface area contributed by atoms with Gasteiger partial charge in [0.25, 0.3) is 0 Å². The molecule has 158 valence electrons. The number of nitrogens with two attached hydrogens (primary N) is 2. The minimum atomic E-state index is 0.298. The molecular formula is C24H25ClN6. The summed E-state index contributed by atoms with van der Waals surface area (Å²) in [5, 5.41) is 8.81. The molecule has 0 aliphatic heterocycles. The lowest BCUT2D eigenvalue weighted by molar-refractivity contribution is 0.391. The Morgan fingerprint density at radius 1 is 1.00 bits per heavy atom. The van der Waals surface area contributed by atoms with Crippen molar-refractivity contribution in [2.24, 2.45) is 5.73 Å². The van der Waals surface area contributed by atoms with Crippen LogP contribution in [0.2, 0.25) is 5.02 Å². The number of hydrogen-bond donors (Lipinski definition) is 3. The Kier molecular flexibility index (Phi) is 5.26. The molecule has 0 atom stereocenters. The number of rotatable bonds is 4. The molecule has 1 aliphatic rings. The van der Waals surface area contributed by atoms with Gasteiger partial charge in [0.1, 0.15) is 0 Å². The second kappa shape index (κ2) is 8.21. The van der Waals surface area contributed by atoms with Gasteiger partial charge >= 0.3 is 0 Å². The van der Waals surface area contributed by atoms with Crippen molar-refractivity contribution in [2.75, 3.05) is 11.1 Å². The van der Waals surface area contributed by atoms with Gasteiger partial charge in [0.15, 0.2) is 11.5 Å². The standard InChI is InChI=1S/C24H25ClN6/c25-17-6-4-5-16(13-17)21-22(28-19-7-2-1-3-8-19)24-29-20(14-31(24)30-23(21)27)15-9-11-18(26)12-10-15/h1-8,13-15,18,28H,9-12,26H2,(H2,27,30)/t15-,18+. The Hall–Kier alpha value is -3.09. The van der Waals surface area contributed by atoms with E-state index in [4.69, 9.17) is 28.1 Å². The number of imidazole rings is 1. The molecule has 0 spiro atoms. The molecule has 1 fully saturated rings. The number of nitrogens with one attached hydrogen (secondary N) is 1. The highest BCUT2D eigenvalue weighted by Gasteiger charge is 2.25. The van der Waals surface area contributed by atoms with Crippen molar-refractivity contribution in [2.45, 2.75) is 37.6 Å². The van der Waals surface area contributed by atoms with E-state index in [1.165, 1.54) is 0 Å². The van der Waals surface area contributed by atoms with Gasteiger partial charge in [-0.15, -0.1) is 5.10 Å². The van der Waals surface area contributed by atoms with Gasteiger partial charge in [-0.25, -0.2) is 9.50 Å². The highest BCUT2D eigenvalue weighted by atomic mass is 35.5. The van der Waals surface area contributed by atoms with Gasteiger partial charge in [-0.2, -0.15) is 0 Å². The van der Waals surface area contributed by atoms with E-state index in [1.54, 1.807) is 4.52 Å². The second-order valence-corrected chi connectivity index (χ2v) is 8.62. The summed E-state index contributed by atoms with van der Waals surface area (Å²) in [5.41, 5.74) is 17.8. The molecule has 0 amide bonds. The third-order valence-corrected chi connectivity index (χ3v) is 6.23. The Morgan fingerprint density at radius 3 is 2.52 bits per heavy atom. The van der Waals surface area contributed by atoms with Crippen molar-refractivity contribution in [3.05, 3.63) is 71.5 Å². The molecule has 1 aliphatic carbocycles. The Balaban J connectivity index is 1.67. The predicted octanol–water partition coefficient (Wildman–Crippen LogP) is 5.36. The molecule has 2 aromatic heterocycles. The third kappa shape index (κ3) is 3.96. The lowest BCUT2D eigenvalue weighted by atomic mass is 9.85. The third-order valence-electron chi connectivity index (χ3n) is 6.00. The van der Waals surface area contributed by atoms with Crippen LogP contribution in [0.4, 0.5) is 17.2 Å². The fourth-order valence-corrected chi connectivity index (χ4v) is 4.56. The van der Waals surface area contributed by atoms with Crippen LogP contribution >= 0.6 is 11.6 Å². The maximum absolute atomic E-state index is 6.47. The van der Waals surface area contributed by atoms with Gasteiger partial charge in [-0.3, -0.25) is 0 Å². The first-order valence-electron chi connectivity index (χ1n) is 10.6. The first kappa shape index (κ1) is 19.8. The van der Waals surface area contributed by atoms with E-state index in [0.29, 0.717) is 22.8 Å². The van der Waals surface area contributed by atoms with Crippen LogP contribution in [0, 0.1) is 0 Å². The van der Waals surface area contributed by atoms with E-state index in [0.717, 1.165) is 59.5 Å². The lowest BCUT2D eigenvalue weighted by Gasteiger charge is -2.24. The van der Waals surface area contributed by atoms with E-state index < -0.39 is 0 Å². The van der Waals surface area contributed by atoms with E-state index in [-0.39, 0.29) is 0 Å². The van der Waals surface area contributed by atoms with Crippen LogP contribution < -0.4 is 16.8 Å². The molecule has 31 heavy (non-hydrogen) atoms. The number of anilines is 3. The lowest BCUT2D eigenvalue weighted by Crippen LogP contribution is -2.25. The van der Waals surface area contributed by atoms with Crippen LogP contribution in [0.3, 0.4) is 0 Å². The van der Waals surface area contributed by atoms with E-state index in [1.807, 2.05) is 60.8 Å². The fraction of sp³-hybridized carbons (Fsp3) is 0.250. The number of halogens is 1. The van der Waals surface area contributed by atoms with Crippen molar-refractivity contribution < 1.29 is 0 Å². The quantitative estimate of drug-likeness (QED) is 0.403. The first-order valence-corrected chi connectivity index (χ1v) is 11.0. The highest BCUT2D eigenvalue weighted by Crippen LogP contribution is 2.39. The maximum atomic E-state index is 6.47. The maximum Gasteiger partial charge on any atom is 0.178 e. The molecule has 0 bridgehead atoms. The summed E-state index contributed by atoms with van der Waals surface area (Å²) in [6.45, 7) is 0. The van der Waals surface area contributed by atoms with E-state index >= 15 is 0 Å². The average Bonchev–Trinajstić information content (AvgIpc) is 3.19. The van der Waals surface area contributed by atoms with Crippen molar-refractivity contribution in [3.8, 4) is 11.1 Å². The molecule has 1 saturated carbocycles. The Bertz CT molecular complexity index is 1210. The van der Waals surface area contributed by atoms with Crippen LogP contribution in [0.5, 0.6) is 0 Å². The minimum absolute atomic E-state index is 0.298. The summed E-state index contributed by atoms with van der Waals surface area (Å²) in [4.78, 5) is 5.02. The van der Waals surface area contributed by atoms with Gasteiger partial charge in [0, 0.05) is 22.7 Å². The zero-order valence-electron chi connectivity index (χ0n) is 17.1. The highest BCUT2D eigenvalue weighted by molar-refractivity contribution is 6.30. The fourth-order valence-electron chi connectivity index (χ4n) is 4.37. The minimum Gasteiger partial charge on any atom is -0.382 e. The normalized spacial score (nSPS) is 18.9. The number of nitrogens with zero attached hydrogens (tertiary/aromatic N) is 3.